The smallest absolute Gasteiger partial charge is 0.0243 e. The maximum atomic E-state index is 2.55. The van der Waals surface area contributed by atoms with Gasteiger partial charge in [0, 0.05) is 17.2 Å². The van der Waals surface area contributed by atoms with Crippen molar-refractivity contribution in [3.05, 3.63) is 57.6 Å². The lowest BCUT2D eigenvalue weighted by molar-refractivity contribution is 0.296. The van der Waals surface area contributed by atoms with Crippen molar-refractivity contribution in [2.24, 2.45) is 0 Å². The van der Waals surface area contributed by atoms with Gasteiger partial charge in [0.25, 0.3) is 0 Å². The van der Waals surface area contributed by atoms with Crippen LogP contribution >= 0.6 is 15.7 Å². The van der Waals surface area contributed by atoms with Gasteiger partial charge in [-0.1, -0.05) is 85.2 Å². The molecule has 0 saturated heterocycles. The molecule has 2 aromatic rings. The highest BCUT2D eigenvalue weighted by Gasteiger charge is 2.25. The van der Waals surface area contributed by atoms with Gasteiger partial charge in [0.05, 0.1) is 0 Å². The molecule has 3 heteroatoms. The quantitative estimate of drug-likeness (QED) is 0.402. The summed E-state index contributed by atoms with van der Waals surface area (Å²) in [5.41, 5.74) is 8.94. The standard InChI is InChI=1S/C28H43NP2/c1-12-29(13-2)18-22-16-23(27(6,7)8)17-24(28(9,10)11)26(22)31-30-25-20(4)14-19(3)15-21(25)5/h14-17H,12-13,18H2,1-11H3. The van der Waals surface area contributed by atoms with E-state index >= 15 is 0 Å². The molecule has 1 nitrogen and oxygen atoms in total. The fourth-order valence-corrected chi connectivity index (χ4v) is 7.73. The van der Waals surface area contributed by atoms with Gasteiger partial charge < -0.3 is 0 Å². The lowest BCUT2D eigenvalue weighted by Crippen LogP contribution is -2.29. The van der Waals surface area contributed by atoms with E-state index in [0.29, 0.717) is 0 Å². The first-order chi connectivity index (χ1) is 14.3. The Morgan fingerprint density at radius 2 is 1.23 bits per heavy atom. The Labute approximate surface area is 195 Å². The zero-order valence-electron chi connectivity index (χ0n) is 21.8. The molecule has 0 fully saturated rings. The third kappa shape index (κ3) is 6.74. The van der Waals surface area contributed by atoms with Gasteiger partial charge in [-0.3, -0.25) is 4.90 Å². The normalized spacial score (nSPS) is 12.9. The second-order valence-corrected chi connectivity index (χ2v) is 13.4. The first-order valence-electron chi connectivity index (χ1n) is 11.7. The van der Waals surface area contributed by atoms with Gasteiger partial charge in [0.2, 0.25) is 0 Å². The molecule has 0 aliphatic heterocycles. The molecule has 0 radical (unpaired) electrons. The Hall–Kier alpha value is -1.00. The van der Waals surface area contributed by atoms with E-state index < -0.39 is 0 Å². The molecule has 0 saturated carbocycles. The predicted molar refractivity (Wildman–Crippen MR) is 144 cm³/mol. The molecule has 2 aromatic carbocycles. The molecule has 31 heavy (non-hydrogen) atoms. The molecule has 0 heterocycles. The molecule has 0 bridgehead atoms. The van der Waals surface area contributed by atoms with E-state index in [1.807, 2.05) is 0 Å². The van der Waals surface area contributed by atoms with E-state index in [9.17, 15) is 0 Å². The summed E-state index contributed by atoms with van der Waals surface area (Å²) in [4.78, 5) is 2.55. The van der Waals surface area contributed by atoms with Crippen LogP contribution in [0, 0.1) is 20.8 Å². The van der Waals surface area contributed by atoms with E-state index in [-0.39, 0.29) is 10.8 Å². The van der Waals surface area contributed by atoms with Gasteiger partial charge in [-0.05, 0) is 88.2 Å². The van der Waals surface area contributed by atoms with Gasteiger partial charge >= 0.3 is 0 Å². The van der Waals surface area contributed by atoms with E-state index in [2.05, 4.69) is 105 Å². The van der Waals surface area contributed by atoms with Crippen LogP contribution in [0.2, 0.25) is 0 Å². The maximum absolute atomic E-state index is 2.55. The first-order valence-corrected chi connectivity index (χ1v) is 14.2. The summed E-state index contributed by atoms with van der Waals surface area (Å²) in [6.07, 6.45) is 0. The minimum absolute atomic E-state index is 0.120. The fourth-order valence-electron chi connectivity index (χ4n) is 4.06. The summed E-state index contributed by atoms with van der Waals surface area (Å²) in [6.45, 7) is 28.6. The number of benzene rings is 2. The van der Waals surface area contributed by atoms with Crippen LogP contribution in [0.5, 0.6) is 0 Å². The van der Waals surface area contributed by atoms with Crippen LogP contribution < -0.4 is 10.6 Å². The molecule has 0 aliphatic carbocycles. The highest BCUT2D eigenvalue weighted by molar-refractivity contribution is 7.91. The topological polar surface area (TPSA) is 3.24 Å². The van der Waals surface area contributed by atoms with Crippen molar-refractivity contribution >= 4 is 26.3 Å². The molecule has 0 atom stereocenters. The van der Waals surface area contributed by atoms with Crippen LogP contribution in [0.4, 0.5) is 0 Å². The number of aryl methyl sites for hydroxylation is 3. The van der Waals surface area contributed by atoms with Crippen molar-refractivity contribution in [2.75, 3.05) is 13.1 Å². The Morgan fingerprint density at radius 3 is 1.68 bits per heavy atom. The molecule has 2 rings (SSSR count). The zero-order chi connectivity index (χ0) is 23.6. The summed E-state index contributed by atoms with van der Waals surface area (Å²) in [6, 6.07) is 9.66. The van der Waals surface area contributed by atoms with Crippen LogP contribution in [0.15, 0.2) is 24.3 Å². The fraction of sp³-hybridized carbons (Fsp3) is 0.571. The second-order valence-electron chi connectivity index (χ2n) is 10.9. The van der Waals surface area contributed by atoms with Crippen LogP contribution in [0.3, 0.4) is 0 Å². The molecule has 0 unspecified atom stereocenters. The SMILES string of the molecule is CCN(CC)Cc1cc(C(C)(C)C)cc(C(C)(C)C)c1P=Pc1c(C)cc(C)cc1C. The maximum Gasteiger partial charge on any atom is 0.0243 e. The molecule has 0 spiro atoms. The van der Waals surface area contributed by atoms with Crippen LogP contribution in [-0.2, 0) is 17.4 Å². The van der Waals surface area contributed by atoms with Crippen LogP contribution in [-0.4, -0.2) is 18.0 Å². The van der Waals surface area contributed by atoms with Crippen molar-refractivity contribution in [3.8, 4) is 0 Å². The summed E-state index contributed by atoms with van der Waals surface area (Å²) >= 11 is 0. The summed E-state index contributed by atoms with van der Waals surface area (Å²) in [5, 5.41) is 3.02. The van der Waals surface area contributed by atoms with Crippen LogP contribution in [0.25, 0.3) is 0 Å². The third-order valence-corrected chi connectivity index (χ3v) is 9.27. The van der Waals surface area contributed by atoms with Crippen molar-refractivity contribution in [1.29, 1.82) is 0 Å². The van der Waals surface area contributed by atoms with E-state index in [1.165, 1.54) is 59.7 Å². The predicted octanol–water partition coefficient (Wildman–Crippen LogP) is 7.81. The third-order valence-electron chi connectivity index (χ3n) is 6.04. The minimum Gasteiger partial charge on any atom is -0.300 e. The summed E-state index contributed by atoms with van der Waals surface area (Å²) < 4.78 is 0. The molecule has 0 aromatic heterocycles. The van der Waals surface area contributed by atoms with Gasteiger partial charge in [-0.15, -0.1) is 0 Å². The van der Waals surface area contributed by atoms with Gasteiger partial charge in [-0.25, -0.2) is 0 Å². The van der Waals surface area contributed by atoms with Crippen LogP contribution in [0.1, 0.15) is 88.8 Å². The number of nitrogens with zero attached hydrogens (tertiary/aromatic N) is 1. The minimum atomic E-state index is 0.120. The Kier molecular flexibility index (Phi) is 8.72. The van der Waals surface area contributed by atoms with E-state index in [0.717, 1.165) is 19.6 Å². The molecule has 170 valence electrons. The van der Waals surface area contributed by atoms with E-state index in [1.54, 1.807) is 0 Å². The second kappa shape index (κ2) is 10.3. The monoisotopic (exact) mass is 455 g/mol. The molecule has 0 N–H and O–H groups in total. The zero-order valence-corrected chi connectivity index (χ0v) is 23.6. The van der Waals surface area contributed by atoms with E-state index in [4.69, 9.17) is 0 Å². The molecular formula is C28H43NP2. The van der Waals surface area contributed by atoms with Gasteiger partial charge in [0.15, 0.2) is 0 Å². The van der Waals surface area contributed by atoms with Crippen molar-refractivity contribution in [2.45, 2.75) is 93.5 Å². The Morgan fingerprint density at radius 1 is 0.710 bits per heavy atom. The summed E-state index contributed by atoms with van der Waals surface area (Å²) in [5.74, 6) is 0. The molecule has 0 aliphatic rings. The van der Waals surface area contributed by atoms with Gasteiger partial charge in [-0.2, -0.15) is 0 Å². The number of rotatable bonds is 6. The number of hydrogen-bond acceptors (Lipinski definition) is 1. The molecular weight excluding hydrogens is 412 g/mol. The lowest BCUT2D eigenvalue weighted by atomic mass is 9.79. The summed E-state index contributed by atoms with van der Waals surface area (Å²) in [7, 11) is 2.78. The van der Waals surface area contributed by atoms with Crippen molar-refractivity contribution in [1.82, 2.24) is 4.90 Å². The van der Waals surface area contributed by atoms with Gasteiger partial charge in [0.1, 0.15) is 0 Å². The van der Waals surface area contributed by atoms with Crippen molar-refractivity contribution < 1.29 is 0 Å². The highest BCUT2D eigenvalue weighted by atomic mass is 31.7. The molecule has 0 amide bonds. The average Bonchev–Trinajstić information content (AvgIpc) is 2.63. The largest absolute Gasteiger partial charge is 0.300 e. The Bertz CT molecular complexity index is 916. The Balaban J connectivity index is 2.76. The van der Waals surface area contributed by atoms with Crippen molar-refractivity contribution in [3.63, 3.8) is 0 Å². The number of hydrogen-bond donors (Lipinski definition) is 0. The highest BCUT2D eigenvalue weighted by Crippen LogP contribution is 2.34. The lowest BCUT2D eigenvalue weighted by Gasteiger charge is -2.30. The average molecular weight is 456 g/mol. The first kappa shape index (κ1) is 26.3.